The van der Waals surface area contributed by atoms with Crippen molar-refractivity contribution in [2.45, 2.75) is 26.3 Å². The predicted molar refractivity (Wildman–Crippen MR) is 105 cm³/mol. The Morgan fingerprint density at radius 3 is 2.65 bits per heavy atom. The second-order valence-electron chi connectivity index (χ2n) is 5.81. The molecular formula is C18H22N2O4S2. The van der Waals surface area contributed by atoms with Gasteiger partial charge in [0.1, 0.15) is 6.04 Å². The third-order valence-electron chi connectivity index (χ3n) is 3.78. The van der Waals surface area contributed by atoms with Crippen LogP contribution in [-0.4, -0.2) is 42.8 Å². The van der Waals surface area contributed by atoms with Crippen molar-refractivity contribution in [1.82, 2.24) is 9.62 Å². The van der Waals surface area contributed by atoms with Crippen LogP contribution in [0, 0.1) is 0 Å². The van der Waals surface area contributed by atoms with Gasteiger partial charge in [-0.3, -0.25) is 9.59 Å². The van der Waals surface area contributed by atoms with Gasteiger partial charge in [-0.05, 0) is 25.0 Å². The van der Waals surface area contributed by atoms with Crippen LogP contribution >= 0.6 is 11.8 Å². The van der Waals surface area contributed by atoms with E-state index in [1.54, 1.807) is 37.3 Å². The SMILES string of the molecule is CC/C=C(\C)C(=O)N1CSC[C@@H]1C(=O)NS(=O)(=O)/C=C/c1ccccc1. The van der Waals surface area contributed by atoms with Crippen LogP contribution in [0.25, 0.3) is 6.08 Å². The molecule has 8 heteroatoms. The molecule has 6 nitrogen and oxygen atoms in total. The maximum absolute atomic E-state index is 12.4. The van der Waals surface area contributed by atoms with Gasteiger partial charge < -0.3 is 4.90 Å². The lowest BCUT2D eigenvalue weighted by Gasteiger charge is -2.23. The number of hydrogen-bond acceptors (Lipinski definition) is 5. The molecule has 1 atom stereocenters. The summed E-state index contributed by atoms with van der Waals surface area (Å²) < 4.78 is 26.3. The van der Waals surface area contributed by atoms with Gasteiger partial charge in [-0.15, -0.1) is 11.8 Å². The summed E-state index contributed by atoms with van der Waals surface area (Å²) in [4.78, 5) is 26.3. The summed E-state index contributed by atoms with van der Waals surface area (Å²) >= 11 is 1.42. The monoisotopic (exact) mass is 394 g/mol. The number of carbonyl (C=O) groups is 2. The Morgan fingerprint density at radius 1 is 1.31 bits per heavy atom. The molecule has 1 aliphatic rings. The Hall–Kier alpha value is -2.06. The molecule has 0 bridgehead atoms. The molecule has 2 rings (SSSR count). The summed E-state index contributed by atoms with van der Waals surface area (Å²) in [5, 5.41) is 0.955. The summed E-state index contributed by atoms with van der Waals surface area (Å²) in [6.45, 7) is 3.62. The molecule has 1 N–H and O–H groups in total. The minimum Gasteiger partial charge on any atom is -0.317 e. The lowest BCUT2D eigenvalue weighted by molar-refractivity contribution is -0.134. The topological polar surface area (TPSA) is 83.6 Å². The summed E-state index contributed by atoms with van der Waals surface area (Å²) in [5.74, 6) is -0.194. The van der Waals surface area contributed by atoms with E-state index in [0.29, 0.717) is 29.2 Å². The molecule has 1 aromatic carbocycles. The molecular weight excluding hydrogens is 372 g/mol. The third kappa shape index (κ3) is 5.47. The first-order valence-corrected chi connectivity index (χ1v) is 10.9. The zero-order chi connectivity index (χ0) is 19.2. The van der Waals surface area contributed by atoms with Gasteiger partial charge in [-0.1, -0.05) is 43.3 Å². The largest absolute Gasteiger partial charge is 0.317 e. The van der Waals surface area contributed by atoms with Crippen LogP contribution in [0.2, 0.25) is 0 Å². The number of amides is 2. The molecule has 1 aliphatic heterocycles. The van der Waals surface area contributed by atoms with Crippen LogP contribution in [0.3, 0.4) is 0 Å². The summed E-state index contributed by atoms with van der Waals surface area (Å²) in [6.07, 6.45) is 3.92. The van der Waals surface area contributed by atoms with E-state index >= 15 is 0 Å². The lowest BCUT2D eigenvalue weighted by Crippen LogP contribution is -2.48. The molecule has 1 aromatic rings. The minimum atomic E-state index is -3.94. The van der Waals surface area contributed by atoms with E-state index in [9.17, 15) is 18.0 Å². The Morgan fingerprint density at radius 2 is 2.00 bits per heavy atom. The zero-order valence-electron chi connectivity index (χ0n) is 14.7. The fourth-order valence-electron chi connectivity index (χ4n) is 2.45. The molecule has 1 saturated heterocycles. The first kappa shape index (κ1) is 20.3. The summed E-state index contributed by atoms with van der Waals surface area (Å²) in [7, 11) is -3.94. The number of nitrogens with zero attached hydrogens (tertiary/aromatic N) is 1. The summed E-state index contributed by atoms with van der Waals surface area (Å²) in [5.41, 5.74) is 1.26. The number of thioether (sulfide) groups is 1. The van der Waals surface area contributed by atoms with E-state index in [0.717, 1.165) is 5.41 Å². The number of benzene rings is 1. The van der Waals surface area contributed by atoms with Crippen molar-refractivity contribution in [3.63, 3.8) is 0 Å². The quantitative estimate of drug-likeness (QED) is 0.749. The van der Waals surface area contributed by atoms with E-state index in [4.69, 9.17) is 0 Å². The van der Waals surface area contributed by atoms with Crippen molar-refractivity contribution in [2.75, 3.05) is 11.6 Å². The molecule has 0 spiro atoms. The molecule has 0 saturated carbocycles. The number of nitrogens with one attached hydrogen (secondary N) is 1. The fraction of sp³-hybridized carbons (Fsp3) is 0.333. The van der Waals surface area contributed by atoms with Gasteiger partial charge >= 0.3 is 0 Å². The van der Waals surface area contributed by atoms with Crippen LogP contribution in [0.1, 0.15) is 25.8 Å². The van der Waals surface area contributed by atoms with Gasteiger partial charge in [0.25, 0.3) is 21.8 Å². The molecule has 2 amide bonds. The third-order valence-corrected chi connectivity index (χ3v) is 5.77. The molecule has 1 fully saturated rings. The molecule has 140 valence electrons. The van der Waals surface area contributed by atoms with E-state index in [1.165, 1.54) is 22.7 Å². The predicted octanol–water partition coefficient (Wildman–Crippen LogP) is 2.36. The normalized spacial score (nSPS) is 18.3. The molecule has 26 heavy (non-hydrogen) atoms. The number of carbonyl (C=O) groups excluding carboxylic acids is 2. The molecule has 0 aromatic heterocycles. The van der Waals surface area contributed by atoms with Crippen molar-refractivity contribution in [2.24, 2.45) is 0 Å². The average Bonchev–Trinajstić information content (AvgIpc) is 3.10. The number of allylic oxidation sites excluding steroid dienone is 1. The maximum atomic E-state index is 12.4. The number of rotatable bonds is 6. The van der Waals surface area contributed by atoms with Gasteiger partial charge in [0.15, 0.2) is 0 Å². The first-order valence-electron chi connectivity index (χ1n) is 8.19. The average molecular weight is 395 g/mol. The second-order valence-corrected chi connectivity index (χ2v) is 8.38. The highest BCUT2D eigenvalue weighted by Gasteiger charge is 2.36. The van der Waals surface area contributed by atoms with Crippen LogP contribution in [0.4, 0.5) is 0 Å². The lowest BCUT2D eigenvalue weighted by atomic mass is 10.2. The van der Waals surface area contributed by atoms with Crippen LogP contribution < -0.4 is 4.72 Å². The molecule has 0 unspecified atom stereocenters. The summed E-state index contributed by atoms with van der Waals surface area (Å²) in [6, 6.07) is 8.11. The Bertz CT molecular complexity index is 817. The Labute approximate surface area is 158 Å². The van der Waals surface area contributed by atoms with Gasteiger partial charge in [0, 0.05) is 11.3 Å². The molecule has 0 aliphatic carbocycles. The van der Waals surface area contributed by atoms with Crippen molar-refractivity contribution in [3.8, 4) is 0 Å². The van der Waals surface area contributed by atoms with Gasteiger partial charge in [0.05, 0.1) is 11.3 Å². The standard InChI is InChI=1S/C18H22N2O4S2/c1-3-7-14(2)18(22)20-13-25-12-16(20)17(21)19-26(23,24)11-10-15-8-5-4-6-9-15/h4-11,16H,3,12-13H2,1-2H3,(H,19,21)/b11-10+,14-7+/t16-/m1/s1. The van der Waals surface area contributed by atoms with Crippen molar-refractivity contribution < 1.29 is 18.0 Å². The first-order chi connectivity index (χ1) is 12.3. The molecule has 0 radical (unpaired) electrons. The van der Waals surface area contributed by atoms with Gasteiger partial charge in [-0.25, -0.2) is 13.1 Å². The highest BCUT2D eigenvalue weighted by atomic mass is 32.2. The number of hydrogen-bond donors (Lipinski definition) is 1. The Kier molecular flexibility index (Phi) is 7.05. The highest BCUT2D eigenvalue weighted by Crippen LogP contribution is 2.23. The smallest absolute Gasteiger partial charge is 0.257 e. The van der Waals surface area contributed by atoms with E-state index in [2.05, 4.69) is 0 Å². The van der Waals surface area contributed by atoms with Crippen LogP contribution in [0.5, 0.6) is 0 Å². The highest BCUT2D eigenvalue weighted by molar-refractivity contribution is 7.99. The van der Waals surface area contributed by atoms with E-state index in [1.807, 2.05) is 17.7 Å². The minimum absolute atomic E-state index is 0.241. The maximum Gasteiger partial charge on any atom is 0.257 e. The Balaban J connectivity index is 2.06. The fourth-order valence-corrected chi connectivity index (χ4v) is 4.43. The van der Waals surface area contributed by atoms with Crippen LogP contribution in [0.15, 0.2) is 47.4 Å². The van der Waals surface area contributed by atoms with Crippen molar-refractivity contribution >= 4 is 39.7 Å². The van der Waals surface area contributed by atoms with E-state index in [-0.39, 0.29) is 5.91 Å². The van der Waals surface area contributed by atoms with Crippen molar-refractivity contribution in [3.05, 3.63) is 53.0 Å². The zero-order valence-corrected chi connectivity index (χ0v) is 16.3. The van der Waals surface area contributed by atoms with Gasteiger partial charge in [-0.2, -0.15) is 0 Å². The molecule has 1 heterocycles. The number of sulfonamides is 1. The van der Waals surface area contributed by atoms with Gasteiger partial charge in [0.2, 0.25) is 0 Å². The second kappa shape index (κ2) is 9.05. The van der Waals surface area contributed by atoms with Crippen LogP contribution in [-0.2, 0) is 19.6 Å². The van der Waals surface area contributed by atoms with E-state index < -0.39 is 22.0 Å². The van der Waals surface area contributed by atoms with Crippen molar-refractivity contribution in [1.29, 1.82) is 0 Å².